The van der Waals surface area contributed by atoms with Crippen molar-refractivity contribution in [1.29, 1.82) is 0 Å². The number of hydrogen-bond acceptors (Lipinski definition) is 10. The molecule has 0 saturated carbocycles. The fourth-order valence-electron chi connectivity index (χ4n) is 4.61. The molecule has 0 unspecified atom stereocenters. The highest BCUT2D eigenvalue weighted by molar-refractivity contribution is 6.97. The van der Waals surface area contributed by atoms with Crippen LogP contribution in [0.1, 0.15) is 13.8 Å². The van der Waals surface area contributed by atoms with Gasteiger partial charge in [0.05, 0.1) is 0 Å². The van der Waals surface area contributed by atoms with Gasteiger partial charge in [-0.25, -0.2) is 0 Å². The lowest BCUT2D eigenvalue weighted by molar-refractivity contribution is -0.790. The number of allylic oxidation sites excluding steroid dienone is 4. The van der Waals surface area contributed by atoms with Gasteiger partial charge < -0.3 is 37.0 Å². The summed E-state index contributed by atoms with van der Waals surface area (Å²) in [4.78, 5) is 69.0. The van der Waals surface area contributed by atoms with Crippen molar-refractivity contribution in [1.82, 2.24) is 0 Å². The molecule has 12 nitrogen and oxygen atoms in total. The van der Waals surface area contributed by atoms with Crippen LogP contribution in [-0.4, -0.2) is 97.7 Å². The highest BCUT2D eigenvalue weighted by Crippen LogP contribution is 2.35. The first-order chi connectivity index (χ1) is 14.9. The first-order valence-corrected chi connectivity index (χ1v) is 10.1. The lowest BCUT2D eigenvalue weighted by atomic mass is 9.63. The van der Waals surface area contributed by atoms with Gasteiger partial charge in [0.25, 0.3) is 0 Å². The Labute approximate surface area is 183 Å². The average molecular weight is 450 g/mol. The monoisotopic (exact) mass is 450 g/mol. The predicted octanol–water partition coefficient (Wildman–Crippen LogP) is -1.66. The third kappa shape index (κ3) is 3.35. The van der Waals surface area contributed by atoms with Crippen molar-refractivity contribution in [3.8, 4) is 0 Å². The second-order valence-electron chi connectivity index (χ2n) is 8.70. The van der Waals surface area contributed by atoms with Gasteiger partial charge in [-0.05, 0) is 26.0 Å². The van der Waals surface area contributed by atoms with Crippen LogP contribution in [0.4, 0.5) is 0 Å². The van der Waals surface area contributed by atoms with Crippen molar-refractivity contribution in [2.24, 2.45) is 0 Å². The van der Waals surface area contributed by atoms with Gasteiger partial charge >= 0.3 is 37.3 Å². The minimum absolute atomic E-state index is 0.00493. The van der Waals surface area contributed by atoms with Gasteiger partial charge in [0.1, 0.15) is 26.2 Å². The maximum absolute atomic E-state index is 11.9. The number of nitrogens with zero attached hydrogens (tertiary/aromatic N) is 2. The third-order valence-electron chi connectivity index (χ3n) is 6.15. The van der Waals surface area contributed by atoms with Gasteiger partial charge in [0.15, 0.2) is 11.4 Å². The van der Waals surface area contributed by atoms with Crippen molar-refractivity contribution in [2.45, 2.75) is 13.8 Å². The van der Waals surface area contributed by atoms with Crippen LogP contribution in [0, 0.1) is 0 Å². The molecule has 4 fully saturated rings. The molecule has 4 saturated heterocycles. The first kappa shape index (κ1) is 23.4. The van der Waals surface area contributed by atoms with Crippen molar-refractivity contribution < 1.29 is 56.2 Å². The van der Waals surface area contributed by atoms with E-state index in [-0.39, 0.29) is 35.0 Å². The number of fused-ring (bicyclic) bond motifs is 2. The minimum Gasteiger partial charge on any atom is -0.594 e. The Balaban J connectivity index is 0.000000181. The highest BCUT2D eigenvalue weighted by atomic mass is 16.7. The molecule has 0 radical (unpaired) electrons. The van der Waals surface area contributed by atoms with E-state index < -0.39 is 48.6 Å². The normalized spacial score (nSPS) is 37.4. The van der Waals surface area contributed by atoms with Crippen molar-refractivity contribution in [2.75, 3.05) is 40.3 Å². The van der Waals surface area contributed by atoms with Crippen LogP contribution in [0.15, 0.2) is 24.3 Å². The molecule has 0 aromatic carbocycles. The second-order valence-corrected chi connectivity index (χ2v) is 8.70. The average Bonchev–Trinajstić information content (AvgIpc) is 3.23. The van der Waals surface area contributed by atoms with Gasteiger partial charge in [0.2, 0.25) is 0 Å². The summed E-state index contributed by atoms with van der Waals surface area (Å²) >= 11 is 0. The Kier molecular flexibility index (Phi) is 5.64. The quantitative estimate of drug-likeness (QED) is 0.361. The summed E-state index contributed by atoms with van der Waals surface area (Å²) in [5.74, 6) is -2.03. The van der Waals surface area contributed by atoms with E-state index in [1.807, 2.05) is 0 Å². The molecule has 4 rings (SSSR count). The molecule has 0 spiro atoms. The zero-order valence-corrected chi connectivity index (χ0v) is 18.3. The fourth-order valence-corrected chi connectivity index (χ4v) is 4.61. The van der Waals surface area contributed by atoms with Crippen LogP contribution in [0.3, 0.4) is 0 Å². The molecule has 14 heteroatoms. The van der Waals surface area contributed by atoms with Gasteiger partial charge in [-0.3, -0.25) is 19.2 Å². The topological polar surface area (TPSA) is 139 Å². The van der Waals surface area contributed by atoms with E-state index in [0.29, 0.717) is 0 Å². The Morgan fingerprint density at radius 2 is 0.906 bits per heavy atom. The Bertz CT molecular complexity index is 870. The zero-order valence-electron chi connectivity index (χ0n) is 18.3. The maximum atomic E-state index is 11.9. The Hall–Kier alpha value is -3.25. The van der Waals surface area contributed by atoms with Gasteiger partial charge in [-0.15, -0.1) is 0 Å². The smallest absolute Gasteiger partial charge is 0.594 e. The number of rotatable bonds is 4. The van der Waals surface area contributed by atoms with Crippen LogP contribution < -0.4 is 0 Å². The highest BCUT2D eigenvalue weighted by Gasteiger charge is 2.70. The summed E-state index contributed by atoms with van der Waals surface area (Å²) in [6, 6.07) is 0. The molecule has 0 aromatic heterocycles. The molecule has 0 bridgehead atoms. The number of quaternary nitrogens is 2. The van der Waals surface area contributed by atoms with Gasteiger partial charge in [-0.1, -0.05) is 12.2 Å². The van der Waals surface area contributed by atoms with Crippen LogP contribution in [0.2, 0.25) is 0 Å². The summed E-state index contributed by atoms with van der Waals surface area (Å²) in [5, 5.41) is 0. The molecular weight excluding hydrogens is 426 g/mol. The summed E-state index contributed by atoms with van der Waals surface area (Å²) in [7, 11) is 3.24. The predicted molar refractivity (Wildman–Crippen MR) is 107 cm³/mol. The van der Waals surface area contributed by atoms with E-state index in [1.165, 1.54) is 24.3 Å². The largest absolute Gasteiger partial charge is 0.653 e. The molecule has 32 heavy (non-hydrogen) atoms. The van der Waals surface area contributed by atoms with E-state index in [9.17, 15) is 28.8 Å². The summed E-state index contributed by atoms with van der Waals surface area (Å²) in [6.45, 7) is -1.77. The Morgan fingerprint density at radius 3 is 1.12 bits per heavy atom. The van der Waals surface area contributed by atoms with E-state index in [0.717, 1.165) is 0 Å². The van der Waals surface area contributed by atoms with E-state index in [2.05, 4.69) is 0 Å². The number of carbonyl (C=O) groups excluding carboxylic acids is 6. The molecule has 0 aromatic rings. The summed E-state index contributed by atoms with van der Waals surface area (Å²) in [5.41, 5.74) is -0.914. The van der Waals surface area contributed by atoms with Crippen LogP contribution in [0.25, 0.3) is 0 Å². The van der Waals surface area contributed by atoms with E-state index in [1.54, 1.807) is 27.9 Å². The number of likely N-dealkylation sites (N-methyl/N-ethyl adjacent to an activating group) is 2. The first-order valence-electron chi connectivity index (χ1n) is 10.1. The zero-order chi connectivity index (χ0) is 23.9. The van der Waals surface area contributed by atoms with Crippen LogP contribution in [-0.2, 0) is 47.4 Å². The molecule has 0 aliphatic carbocycles. The molecule has 4 aliphatic rings. The lowest BCUT2D eigenvalue weighted by Gasteiger charge is -2.37. The van der Waals surface area contributed by atoms with E-state index in [4.69, 9.17) is 18.6 Å². The van der Waals surface area contributed by atoms with Crippen molar-refractivity contribution in [3.05, 3.63) is 24.3 Å². The SMILES string of the molecule is C/C=C/C(=O)[B-]12OC(=O)C[N+]1(C)CC(=O)O2.C/C=C/C(=O)[B-]12OC(=O)C[N+]1(C)CC(=O)O2. The molecule has 0 N–H and O–H groups in total. The van der Waals surface area contributed by atoms with Crippen LogP contribution in [0.5, 0.6) is 0 Å². The molecule has 4 heterocycles. The van der Waals surface area contributed by atoms with Crippen LogP contribution >= 0.6 is 0 Å². The minimum atomic E-state index is -2.54. The number of carbonyl (C=O) groups is 6. The third-order valence-corrected chi connectivity index (χ3v) is 6.15. The molecular formula is C18H24B2N2O10. The number of hydrogen-bond donors (Lipinski definition) is 0. The molecule has 4 aliphatic heterocycles. The second kappa shape index (κ2) is 7.71. The standard InChI is InChI=1S/2C9H12BNO5/c2*1-3-4-7(12)10-11(2,5-8(13)15-10)6-9(14)16-10/h2*3-4H,5-6H2,1-2H3/b2*4-3+. The van der Waals surface area contributed by atoms with Crippen molar-refractivity contribution in [3.63, 3.8) is 0 Å². The summed E-state index contributed by atoms with van der Waals surface area (Å²) < 4.78 is 19.9. The van der Waals surface area contributed by atoms with Crippen molar-refractivity contribution >= 4 is 48.6 Å². The summed E-state index contributed by atoms with van der Waals surface area (Å²) in [6.07, 6.45) is 5.60. The molecule has 0 amide bonds. The molecule has 0 atom stereocenters. The van der Waals surface area contributed by atoms with Gasteiger partial charge in [-0.2, -0.15) is 0 Å². The molecule has 172 valence electrons. The van der Waals surface area contributed by atoms with E-state index >= 15 is 0 Å². The fraction of sp³-hybridized carbons (Fsp3) is 0.444. The maximum Gasteiger partial charge on any atom is 0.653 e. The van der Waals surface area contributed by atoms with Gasteiger partial charge in [0, 0.05) is 14.1 Å². The lowest BCUT2D eigenvalue weighted by Crippen LogP contribution is -2.64. The Morgan fingerprint density at radius 1 is 0.656 bits per heavy atom.